The Morgan fingerprint density at radius 3 is 2.74 bits per heavy atom. The Hall–Kier alpha value is -2.51. The van der Waals surface area contributed by atoms with Gasteiger partial charge >= 0.3 is 0 Å². The summed E-state index contributed by atoms with van der Waals surface area (Å²) in [5.74, 6) is 1.91. The molecular weight excluding hydrogens is 430 g/mol. The second-order valence-corrected chi connectivity index (χ2v) is 9.54. The van der Waals surface area contributed by atoms with Crippen LogP contribution in [0, 0.1) is 6.92 Å². The van der Waals surface area contributed by atoms with E-state index in [4.69, 9.17) is 16.6 Å². The Labute approximate surface area is 190 Å². The van der Waals surface area contributed by atoms with Crippen molar-refractivity contribution in [1.82, 2.24) is 19.7 Å². The van der Waals surface area contributed by atoms with Gasteiger partial charge in [-0.25, -0.2) is 0 Å². The summed E-state index contributed by atoms with van der Waals surface area (Å²) in [5, 5.41) is 10.3. The number of likely N-dealkylation sites (tertiary alicyclic amines) is 1. The lowest BCUT2D eigenvalue weighted by Gasteiger charge is -2.26. The molecular formula is C23H24ClN5OS. The normalized spacial score (nSPS) is 15.8. The van der Waals surface area contributed by atoms with Crippen molar-refractivity contribution in [3.8, 4) is 5.00 Å². The van der Waals surface area contributed by atoms with Crippen LogP contribution >= 0.6 is 22.9 Å². The van der Waals surface area contributed by atoms with E-state index in [1.165, 1.54) is 6.42 Å². The highest BCUT2D eigenvalue weighted by Gasteiger charge is 2.26. The molecule has 0 N–H and O–H groups in total. The van der Waals surface area contributed by atoms with Crippen molar-refractivity contribution in [2.45, 2.75) is 45.6 Å². The van der Waals surface area contributed by atoms with Gasteiger partial charge in [0.2, 0.25) is 5.91 Å². The molecule has 0 unspecified atom stereocenters. The molecule has 0 radical (unpaired) electrons. The number of nitrogens with zero attached hydrogens (tertiary/aromatic N) is 5. The van der Waals surface area contributed by atoms with Gasteiger partial charge in [-0.05, 0) is 44.7 Å². The highest BCUT2D eigenvalue weighted by atomic mass is 35.5. The summed E-state index contributed by atoms with van der Waals surface area (Å²) in [6.07, 6.45) is 4.72. The average Bonchev–Trinajstić information content (AvgIpc) is 3.33. The van der Waals surface area contributed by atoms with Crippen molar-refractivity contribution in [2.75, 3.05) is 13.1 Å². The minimum absolute atomic E-state index is 0.254. The fraction of sp³-hybridized carbons (Fsp3) is 0.391. The van der Waals surface area contributed by atoms with Crippen molar-refractivity contribution in [2.24, 2.45) is 4.99 Å². The third kappa shape index (κ3) is 3.92. The third-order valence-electron chi connectivity index (χ3n) is 5.92. The molecule has 0 atom stereocenters. The maximum absolute atomic E-state index is 12.7. The zero-order valence-electron chi connectivity index (χ0n) is 17.5. The number of fused-ring (bicyclic) bond motifs is 3. The maximum atomic E-state index is 12.7. The van der Waals surface area contributed by atoms with Crippen LogP contribution in [0.25, 0.3) is 5.00 Å². The first kappa shape index (κ1) is 20.4. The lowest BCUT2D eigenvalue weighted by molar-refractivity contribution is -0.132. The molecule has 6 nitrogen and oxygen atoms in total. The Balaban J connectivity index is 1.49. The van der Waals surface area contributed by atoms with Gasteiger partial charge in [-0.2, -0.15) is 0 Å². The molecule has 4 heterocycles. The summed E-state index contributed by atoms with van der Waals surface area (Å²) in [4.78, 5) is 20.7. The van der Waals surface area contributed by atoms with E-state index in [0.29, 0.717) is 18.0 Å². The average molecular weight is 454 g/mol. The molecule has 1 amide bonds. The molecule has 8 heteroatoms. The van der Waals surface area contributed by atoms with Crippen molar-refractivity contribution in [3.05, 3.63) is 63.0 Å². The van der Waals surface area contributed by atoms with Crippen molar-refractivity contribution in [3.63, 3.8) is 0 Å². The summed E-state index contributed by atoms with van der Waals surface area (Å²) in [6, 6.07) is 9.96. The monoisotopic (exact) mass is 453 g/mol. The first-order valence-corrected chi connectivity index (χ1v) is 11.9. The van der Waals surface area contributed by atoms with E-state index < -0.39 is 0 Å². The molecule has 160 valence electrons. The molecule has 0 saturated carbocycles. The lowest BCUT2D eigenvalue weighted by atomic mass is 10.0. The van der Waals surface area contributed by atoms with Gasteiger partial charge in [-0.15, -0.1) is 21.5 Å². The second-order valence-electron chi connectivity index (χ2n) is 8.02. The first-order chi connectivity index (χ1) is 15.1. The molecule has 2 aliphatic rings. The number of benzene rings is 1. The number of hydrogen-bond donors (Lipinski definition) is 0. The van der Waals surface area contributed by atoms with Crippen LogP contribution in [0.1, 0.15) is 53.3 Å². The minimum atomic E-state index is 0.254. The zero-order chi connectivity index (χ0) is 21.4. The van der Waals surface area contributed by atoms with Crippen LogP contribution in [0.5, 0.6) is 0 Å². The molecule has 1 fully saturated rings. The van der Waals surface area contributed by atoms with Gasteiger partial charge in [0.25, 0.3) is 0 Å². The number of hydrogen-bond acceptors (Lipinski definition) is 5. The molecule has 2 aliphatic heterocycles. The van der Waals surface area contributed by atoms with Gasteiger partial charge in [0.05, 0.1) is 5.71 Å². The van der Waals surface area contributed by atoms with E-state index in [0.717, 1.165) is 70.7 Å². The standard InChI is InChI=1S/C23H24ClN5OS/c1-15-26-27-20-14-25-22(17-7-3-4-8-19(17)24)18-13-16(31-23(18)29(15)20)9-10-21(30)28-11-5-2-6-12-28/h3-4,7-8,13H,2,5-6,9-12,14H2,1H3. The fourth-order valence-corrected chi connectivity index (χ4v) is 5.76. The number of aryl methyl sites for hydroxylation is 2. The molecule has 0 bridgehead atoms. The van der Waals surface area contributed by atoms with Crippen LogP contribution in [0.4, 0.5) is 0 Å². The molecule has 0 aliphatic carbocycles. The number of aliphatic imine (C=N–C) groups is 1. The number of thiophene rings is 1. The smallest absolute Gasteiger partial charge is 0.222 e. The van der Waals surface area contributed by atoms with Crippen LogP contribution < -0.4 is 0 Å². The number of piperidine rings is 1. The topological polar surface area (TPSA) is 63.4 Å². The van der Waals surface area contributed by atoms with Gasteiger partial charge in [-0.3, -0.25) is 14.4 Å². The van der Waals surface area contributed by atoms with E-state index >= 15 is 0 Å². The largest absolute Gasteiger partial charge is 0.343 e. The molecule has 31 heavy (non-hydrogen) atoms. The van der Waals surface area contributed by atoms with Crippen molar-refractivity contribution < 1.29 is 4.79 Å². The predicted octanol–water partition coefficient (Wildman–Crippen LogP) is 4.59. The quantitative estimate of drug-likeness (QED) is 0.580. The summed E-state index contributed by atoms with van der Waals surface area (Å²) < 4.78 is 2.09. The van der Waals surface area contributed by atoms with E-state index in [1.807, 2.05) is 36.1 Å². The third-order valence-corrected chi connectivity index (χ3v) is 7.42. The predicted molar refractivity (Wildman–Crippen MR) is 124 cm³/mol. The zero-order valence-corrected chi connectivity index (χ0v) is 19.0. The number of carbonyl (C=O) groups is 1. The van der Waals surface area contributed by atoms with Crippen LogP contribution in [0.15, 0.2) is 35.3 Å². The minimum Gasteiger partial charge on any atom is -0.343 e. The SMILES string of the molecule is Cc1nnc2n1-c1sc(CCC(=O)N3CCCCC3)cc1C(c1ccccc1Cl)=NC2. The summed E-state index contributed by atoms with van der Waals surface area (Å²) in [5.41, 5.74) is 2.81. The number of halogens is 1. The molecule has 2 aromatic heterocycles. The number of carbonyl (C=O) groups excluding carboxylic acids is 1. The van der Waals surface area contributed by atoms with Crippen molar-refractivity contribution in [1.29, 1.82) is 0 Å². The Kier molecular flexibility index (Phi) is 5.63. The molecule has 5 rings (SSSR count). The lowest BCUT2D eigenvalue weighted by Crippen LogP contribution is -2.35. The van der Waals surface area contributed by atoms with Gasteiger partial charge in [-0.1, -0.05) is 29.8 Å². The highest BCUT2D eigenvalue weighted by molar-refractivity contribution is 7.15. The van der Waals surface area contributed by atoms with E-state index in [2.05, 4.69) is 20.8 Å². The molecule has 0 spiro atoms. The van der Waals surface area contributed by atoms with Gasteiger partial charge in [0.1, 0.15) is 17.4 Å². The van der Waals surface area contributed by atoms with E-state index in [1.54, 1.807) is 11.3 Å². The molecule has 3 aromatic rings. The van der Waals surface area contributed by atoms with E-state index in [-0.39, 0.29) is 5.91 Å². The Bertz CT molecular complexity index is 1160. The number of rotatable bonds is 4. The molecule has 1 aromatic carbocycles. The van der Waals surface area contributed by atoms with Gasteiger partial charge < -0.3 is 4.90 Å². The number of amides is 1. The van der Waals surface area contributed by atoms with Gasteiger partial charge in [0, 0.05) is 40.5 Å². The maximum Gasteiger partial charge on any atom is 0.222 e. The summed E-state index contributed by atoms with van der Waals surface area (Å²) in [6.45, 7) is 4.20. The molecule has 1 saturated heterocycles. The van der Waals surface area contributed by atoms with Crippen LogP contribution in [-0.4, -0.2) is 44.4 Å². The van der Waals surface area contributed by atoms with E-state index in [9.17, 15) is 4.79 Å². The summed E-state index contributed by atoms with van der Waals surface area (Å²) in [7, 11) is 0. The van der Waals surface area contributed by atoms with Crippen molar-refractivity contribution >= 4 is 34.6 Å². The number of aromatic nitrogens is 3. The summed E-state index contributed by atoms with van der Waals surface area (Å²) >= 11 is 8.22. The van der Waals surface area contributed by atoms with Gasteiger partial charge in [0.15, 0.2) is 5.82 Å². The second kappa shape index (κ2) is 8.55. The Morgan fingerprint density at radius 2 is 1.94 bits per heavy atom. The highest BCUT2D eigenvalue weighted by Crippen LogP contribution is 2.35. The Morgan fingerprint density at radius 1 is 1.13 bits per heavy atom. The van der Waals surface area contributed by atoms with Crippen LogP contribution in [0.3, 0.4) is 0 Å². The fourth-order valence-electron chi connectivity index (χ4n) is 4.31. The van der Waals surface area contributed by atoms with Crippen LogP contribution in [0.2, 0.25) is 5.02 Å². The first-order valence-electron chi connectivity index (χ1n) is 10.7. The van der Waals surface area contributed by atoms with Crippen LogP contribution in [-0.2, 0) is 17.8 Å².